The summed E-state index contributed by atoms with van der Waals surface area (Å²) in [6.45, 7) is 2.78. The SMILES string of the molecule is COCCN1CCCC(N)C1c1ccc(Br)c(Br)c1. The smallest absolute Gasteiger partial charge is 0.0589 e. The van der Waals surface area contributed by atoms with Gasteiger partial charge in [-0.3, -0.25) is 4.90 Å². The summed E-state index contributed by atoms with van der Waals surface area (Å²) >= 11 is 7.09. The number of halogens is 2. The molecule has 2 unspecified atom stereocenters. The Bertz CT molecular complexity index is 428. The maximum absolute atomic E-state index is 6.35. The van der Waals surface area contributed by atoms with Crippen molar-refractivity contribution in [2.75, 3.05) is 26.8 Å². The third-order valence-electron chi connectivity index (χ3n) is 3.65. The molecule has 0 saturated carbocycles. The van der Waals surface area contributed by atoms with Gasteiger partial charge in [0.15, 0.2) is 0 Å². The first kappa shape index (κ1) is 15.4. The molecule has 1 saturated heterocycles. The van der Waals surface area contributed by atoms with Crippen molar-refractivity contribution in [1.82, 2.24) is 4.90 Å². The summed E-state index contributed by atoms with van der Waals surface area (Å²) in [5.41, 5.74) is 7.63. The van der Waals surface area contributed by atoms with E-state index in [0.29, 0.717) is 0 Å². The van der Waals surface area contributed by atoms with Crippen LogP contribution in [0.1, 0.15) is 24.4 Å². The maximum atomic E-state index is 6.35. The zero-order valence-corrected chi connectivity index (χ0v) is 14.3. The Morgan fingerprint density at radius 1 is 1.37 bits per heavy atom. The number of rotatable bonds is 4. The summed E-state index contributed by atoms with van der Waals surface area (Å²) in [6.07, 6.45) is 2.25. The fraction of sp³-hybridized carbons (Fsp3) is 0.571. The Morgan fingerprint density at radius 3 is 2.84 bits per heavy atom. The lowest BCUT2D eigenvalue weighted by molar-refractivity contribution is 0.0848. The van der Waals surface area contributed by atoms with Gasteiger partial charge < -0.3 is 10.5 Å². The average Bonchev–Trinajstić information content (AvgIpc) is 2.40. The van der Waals surface area contributed by atoms with Crippen LogP contribution >= 0.6 is 31.9 Å². The Morgan fingerprint density at radius 2 is 2.16 bits per heavy atom. The third kappa shape index (κ3) is 3.79. The second-order valence-electron chi connectivity index (χ2n) is 4.95. The molecule has 1 aliphatic rings. The Hall–Kier alpha value is 0.0600. The summed E-state index contributed by atoms with van der Waals surface area (Å²) < 4.78 is 7.36. The van der Waals surface area contributed by atoms with Gasteiger partial charge in [0, 0.05) is 28.6 Å². The van der Waals surface area contributed by atoms with Crippen molar-refractivity contribution in [1.29, 1.82) is 0 Å². The van der Waals surface area contributed by atoms with Gasteiger partial charge >= 0.3 is 0 Å². The van der Waals surface area contributed by atoms with Crippen LogP contribution in [0.2, 0.25) is 0 Å². The molecule has 0 aromatic heterocycles. The summed E-state index contributed by atoms with van der Waals surface area (Å²) in [5.74, 6) is 0. The molecule has 0 radical (unpaired) electrons. The molecule has 106 valence electrons. The van der Waals surface area contributed by atoms with Crippen LogP contribution in [-0.2, 0) is 4.74 Å². The van der Waals surface area contributed by atoms with Crippen molar-refractivity contribution in [3.8, 4) is 0 Å². The van der Waals surface area contributed by atoms with Gasteiger partial charge in [-0.05, 0) is 68.9 Å². The fourth-order valence-electron chi connectivity index (χ4n) is 2.71. The monoisotopic (exact) mass is 390 g/mol. The van der Waals surface area contributed by atoms with E-state index in [0.717, 1.165) is 35.1 Å². The Balaban J connectivity index is 2.22. The molecule has 1 aliphatic heterocycles. The van der Waals surface area contributed by atoms with E-state index >= 15 is 0 Å². The van der Waals surface area contributed by atoms with Crippen LogP contribution in [0.15, 0.2) is 27.1 Å². The topological polar surface area (TPSA) is 38.5 Å². The quantitative estimate of drug-likeness (QED) is 0.855. The second kappa shape index (κ2) is 7.18. The molecule has 3 nitrogen and oxygen atoms in total. The van der Waals surface area contributed by atoms with E-state index in [-0.39, 0.29) is 12.1 Å². The highest BCUT2D eigenvalue weighted by molar-refractivity contribution is 9.13. The molecule has 19 heavy (non-hydrogen) atoms. The third-order valence-corrected chi connectivity index (χ3v) is 5.53. The molecule has 2 N–H and O–H groups in total. The normalized spacial score (nSPS) is 24.6. The van der Waals surface area contributed by atoms with Crippen molar-refractivity contribution >= 4 is 31.9 Å². The van der Waals surface area contributed by atoms with Crippen LogP contribution in [0, 0.1) is 0 Å². The lowest BCUT2D eigenvalue weighted by atomic mass is 9.91. The van der Waals surface area contributed by atoms with Crippen LogP contribution in [0.3, 0.4) is 0 Å². The Labute approximate surface area is 131 Å². The van der Waals surface area contributed by atoms with E-state index in [4.69, 9.17) is 10.5 Å². The van der Waals surface area contributed by atoms with Crippen molar-refractivity contribution in [2.24, 2.45) is 5.73 Å². The number of benzene rings is 1. The predicted octanol–water partition coefficient (Wildman–Crippen LogP) is 3.32. The largest absolute Gasteiger partial charge is 0.383 e. The van der Waals surface area contributed by atoms with Crippen molar-refractivity contribution in [3.05, 3.63) is 32.7 Å². The van der Waals surface area contributed by atoms with Gasteiger partial charge in [-0.1, -0.05) is 6.07 Å². The minimum Gasteiger partial charge on any atom is -0.383 e. The molecule has 0 aliphatic carbocycles. The average molecular weight is 392 g/mol. The summed E-state index contributed by atoms with van der Waals surface area (Å²) in [7, 11) is 1.75. The van der Waals surface area contributed by atoms with Crippen LogP contribution in [-0.4, -0.2) is 37.7 Å². The molecule has 1 aromatic rings. The van der Waals surface area contributed by atoms with E-state index in [1.807, 2.05) is 0 Å². The molecule has 0 bridgehead atoms. The number of hydrogen-bond donors (Lipinski definition) is 1. The summed E-state index contributed by atoms with van der Waals surface area (Å²) in [5, 5.41) is 0. The fourth-order valence-corrected chi connectivity index (χ4v) is 3.35. The minimum absolute atomic E-state index is 0.193. The number of methoxy groups -OCH3 is 1. The molecular weight excluding hydrogens is 372 g/mol. The molecule has 5 heteroatoms. The number of likely N-dealkylation sites (tertiary alicyclic amines) is 1. The first-order chi connectivity index (χ1) is 9.13. The number of ether oxygens (including phenoxy) is 1. The van der Waals surface area contributed by atoms with E-state index in [2.05, 4.69) is 55.0 Å². The van der Waals surface area contributed by atoms with Crippen LogP contribution in [0.4, 0.5) is 0 Å². The molecule has 1 aromatic carbocycles. The number of nitrogens with two attached hydrogens (primary N) is 1. The maximum Gasteiger partial charge on any atom is 0.0589 e. The highest BCUT2D eigenvalue weighted by atomic mass is 79.9. The molecule has 2 rings (SSSR count). The zero-order valence-electron chi connectivity index (χ0n) is 11.1. The predicted molar refractivity (Wildman–Crippen MR) is 85.2 cm³/mol. The molecule has 0 amide bonds. The van der Waals surface area contributed by atoms with E-state index in [1.165, 1.54) is 12.0 Å². The number of nitrogens with zero attached hydrogens (tertiary/aromatic N) is 1. The lowest BCUT2D eigenvalue weighted by Crippen LogP contribution is -2.46. The van der Waals surface area contributed by atoms with E-state index in [1.54, 1.807) is 7.11 Å². The van der Waals surface area contributed by atoms with Gasteiger partial charge in [0.25, 0.3) is 0 Å². The molecular formula is C14H20Br2N2O. The van der Waals surface area contributed by atoms with Crippen molar-refractivity contribution in [3.63, 3.8) is 0 Å². The first-order valence-electron chi connectivity index (χ1n) is 6.57. The number of piperidine rings is 1. The van der Waals surface area contributed by atoms with Crippen LogP contribution in [0.25, 0.3) is 0 Å². The summed E-state index contributed by atoms with van der Waals surface area (Å²) in [6, 6.07) is 6.88. The molecule has 2 atom stereocenters. The molecule has 0 spiro atoms. The number of hydrogen-bond acceptors (Lipinski definition) is 3. The van der Waals surface area contributed by atoms with Crippen molar-refractivity contribution < 1.29 is 4.74 Å². The minimum atomic E-state index is 0.193. The van der Waals surface area contributed by atoms with Gasteiger partial charge in [-0.25, -0.2) is 0 Å². The van der Waals surface area contributed by atoms with Gasteiger partial charge in [0.05, 0.1) is 12.6 Å². The molecule has 1 fully saturated rings. The zero-order chi connectivity index (χ0) is 13.8. The van der Waals surface area contributed by atoms with E-state index in [9.17, 15) is 0 Å². The van der Waals surface area contributed by atoms with Gasteiger partial charge in [-0.15, -0.1) is 0 Å². The Kier molecular flexibility index (Phi) is 5.84. The highest BCUT2D eigenvalue weighted by Crippen LogP contribution is 2.33. The van der Waals surface area contributed by atoms with Crippen LogP contribution in [0.5, 0.6) is 0 Å². The molecule has 1 heterocycles. The standard InChI is InChI=1S/C14H20Br2N2O/c1-19-8-7-18-6-2-3-13(17)14(18)10-4-5-11(15)12(16)9-10/h4-5,9,13-14H,2-3,6-8,17H2,1H3. The highest BCUT2D eigenvalue weighted by Gasteiger charge is 2.30. The van der Waals surface area contributed by atoms with Gasteiger partial charge in [0.1, 0.15) is 0 Å². The van der Waals surface area contributed by atoms with Gasteiger partial charge in [-0.2, -0.15) is 0 Å². The first-order valence-corrected chi connectivity index (χ1v) is 8.15. The van der Waals surface area contributed by atoms with Gasteiger partial charge in [0.2, 0.25) is 0 Å². The van der Waals surface area contributed by atoms with E-state index < -0.39 is 0 Å². The van der Waals surface area contributed by atoms with Crippen molar-refractivity contribution in [2.45, 2.75) is 24.9 Å². The second-order valence-corrected chi connectivity index (χ2v) is 6.66. The lowest BCUT2D eigenvalue weighted by Gasteiger charge is -2.40. The van der Waals surface area contributed by atoms with Crippen LogP contribution < -0.4 is 5.73 Å². The summed E-state index contributed by atoms with van der Waals surface area (Å²) in [4.78, 5) is 2.44.